The molecule has 8 nitrogen and oxygen atoms in total. The summed E-state index contributed by atoms with van der Waals surface area (Å²) < 4.78 is 17.5. The van der Waals surface area contributed by atoms with Gasteiger partial charge in [0.1, 0.15) is 11.4 Å². The molecular weight excluding hydrogens is 452 g/mol. The van der Waals surface area contributed by atoms with Crippen molar-refractivity contribution in [3.63, 3.8) is 0 Å². The van der Waals surface area contributed by atoms with Crippen LogP contribution in [0.1, 0.15) is 17.0 Å². The van der Waals surface area contributed by atoms with Crippen molar-refractivity contribution in [2.45, 2.75) is 20.4 Å². The van der Waals surface area contributed by atoms with Gasteiger partial charge in [-0.05, 0) is 48.7 Å². The Morgan fingerprint density at radius 2 is 1.79 bits per heavy atom. The van der Waals surface area contributed by atoms with E-state index in [2.05, 4.69) is 41.1 Å². The van der Waals surface area contributed by atoms with Crippen molar-refractivity contribution in [3.05, 3.63) is 75.5 Å². The van der Waals surface area contributed by atoms with Gasteiger partial charge >= 0.3 is 0 Å². The van der Waals surface area contributed by atoms with Gasteiger partial charge in [0.2, 0.25) is 11.7 Å². The van der Waals surface area contributed by atoms with E-state index in [1.807, 2.05) is 17.5 Å². The monoisotopic (exact) mass is 474 g/mol. The molecule has 0 spiro atoms. The number of nitrogens with zero attached hydrogens (tertiary/aromatic N) is 4. The summed E-state index contributed by atoms with van der Waals surface area (Å²) in [5, 5.41) is 6.64. The fourth-order valence-electron chi connectivity index (χ4n) is 3.76. The minimum absolute atomic E-state index is 0.115. The quantitative estimate of drug-likeness (QED) is 0.347. The van der Waals surface area contributed by atoms with Crippen LogP contribution in [0.4, 0.5) is 0 Å². The third-order valence-electron chi connectivity index (χ3n) is 5.79. The fourth-order valence-corrected chi connectivity index (χ4v) is 4.67. The summed E-state index contributed by atoms with van der Waals surface area (Å²) in [6.45, 7) is 4.25. The highest BCUT2D eigenvalue weighted by molar-refractivity contribution is 7.17. The molecule has 0 bridgehead atoms. The third-order valence-corrected chi connectivity index (χ3v) is 6.68. The van der Waals surface area contributed by atoms with Crippen LogP contribution in [-0.2, 0) is 6.54 Å². The standard InChI is InChI=1S/C25H22N4O4S/c1-14-5-6-16(9-15(14)2)18-12-34-24-22(18)25(30)29(13-26-24)11-21-27-23(28-33-21)17-7-8-19(31-3)20(10-17)32-4/h5-10,12-13H,11H2,1-4H3. The molecule has 0 radical (unpaired) electrons. The van der Waals surface area contributed by atoms with Gasteiger partial charge in [-0.1, -0.05) is 23.4 Å². The van der Waals surface area contributed by atoms with E-state index in [0.29, 0.717) is 39.0 Å². The molecule has 0 amide bonds. The summed E-state index contributed by atoms with van der Waals surface area (Å²) in [5.74, 6) is 1.87. The molecular formula is C25H22N4O4S. The van der Waals surface area contributed by atoms with Gasteiger partial charge in [-0.2, -0.15) is 4.98 Å². The highest BCUT2D eigenvalue weighted by Gasteiger charge is 2.17. The van der Waals surface area contributed by atoms with Crippen molar-refractivity contribution in [1.29, 1.82) is 0 Å². The Morgan fingerprint density at radius 3 is 2.56 bits per heavy atom. The van der Waals surface area contributed by atoms with E-state index >= 15 is 0 Å². The van der Waals surface area contributed by atoms with Gasteiger partial charge in [0.05, 0.1) is 25.9 Å². The molecule has 172 valence electrons. The Balaban J connectivity index is 1.48. The van der Waals surface area contributed by atoms with Gasteiger partial charge in [-0.15, -0.1) is 11.3 Å². The van der Waals surface area contributed by atoms with Crippen LogP contribution in [0.25, 0.3) is 32.7 Å². The maximum absolute atomic E-state index is 13.4. The lowest BCUT2D eigenvalue weighted by molar-refractivity contribution is 0.355. The summed E-state index contributed by atoms with van der Waals surface area (Å²) in [6, 6.07) is 11.6. The number of hydrogen-bond donors (Lipinski definition) is 0. The molecule has 3 heterocycles. The van der Waals surface area contributed by atoms with Gasteiger partial charge < -0.3 is 14.0 Å². The van der Waals surface area contributed by atoms with Crippen molar-refractivity contribution in [1.82, 2.24) is 19.7 Å². The number of fused-ring (bicyclic) bond motifs is 1. The van der Waals surface area contributed by atoms with Crippen LogP contribution in [-0.4, -0.2) is 33.9 Å². The first-order valence-electron chi connectivity index (χ1n) is 10.6. The molecule has 0 aliphatic carbocycles. The van der Waals surface area contributed by atoms with E-state index in [1.165, 1.54) is 33.4 Å². The normalized spacial score (nSPS) is 11.2. The first-order valence-corrected chi connectivity index (χ1v) is 11.5. The molecule has 5 aromatic rings. The highest BCUT2D eigenvalue weighted by Crippen LogP contribution is 2.32. The molecule has 0 unspecified atom stereocenters. The van der Waals surface area contributed by atoms with Crippen molar-refractivity contribution in [2.75, 3.05) is 14.2 Å². The molecule has 0 saturated heterocycles. The summed E-state index contributed by atoms with van der Waals surface area (Å²) in [5.41, 5.74) is 4.83. The molecule has 0 aliphatic heterocycles. The van der Waals surface area contributed by atoms with Gasteiger partial charge in [0.25, 0.3) is 5.56 Å². The van der Waals surface area contributed by atoms with Crippen molar-refractivity contribution >= 4 is 21.6 Å². The first kappa shape index (κ1) is 21.8. The highest BCUT2D eigenvalue weighted by atomic mass is 32.1. The van der Waals surface area contributed by atoms with Crippen LogP contribution in [0.2, 0.25) is 0 Å². The third kappa shape index (κ3) is 3.84. The van der Waals surface area contributed by atoms with E-state index < -0.39 is 0 Å². The second kappa shape index (κ2) is 8.75. The van der Waals surface area contributed by atoms with Gasteiger partial charge in [0, 0.05) is 16.5 Å². The number of aryl methyl sites for hydroxylation is 2. The van der Waals surface area contributed by atoms with Crippen molar-refractivity contribution < 1.29 is 14.0 Å². The number of thiophene rings is 1. The van der Waals surface area contributed by atoms with Crippen LogP contribution < -0.4 is 15.0 Å². The van der Waals surface area contributed by atoms with Gasteiger partial charge in [-0.3, -0.25) is 9.36 Å². The van der Waals surface area contributed by atoms with Crippen LogP contribution in [0.5, 0.6) is 11.5 Å². The van der Waals surface area contributed by atoms with Gasteiger partial charge in [0.15, 0.2) is 11.5 Å². The largest absolute Gasteiger partial charge is 0.493 e. The van der Waals surface area contributed by atoms with E-state index in [1.54, 1.807) is 26.4 Å². The van der Waals surface area contributed by atoms with E-state index in [9.17, 15) is 4.79 Å². The lowest BCUT2D eigenvalue weighted by Gasteiger charge is -2.07. The van der Waals surface area contributed by atoms with Crippen LogP contribution in [0.15, 0.2) is 57.4 Å². The minimum Gasteiger partial charge on any atom is -0.493 e. The van der Waals surface area contributed by atoms with Crippen molar-refractivity contribution in [3.8, 4) is 34.0 Å². The van der Waals surface area contributed by atoms with E-state index in [-0.39, 0.29) is 12.1 Å². The fraction of sp³-hybridized carbons (Fsp3) is 0.200. The SMILES string of the molecule is COc1ccc(-c2noc(Cn3cnc4scc(-c5ccc(C)c(C)c5)c4c3=O)n2)cc1OC. The molecule has 0 atom stereocenters. The first-order chi connectivity index (χ1) is 16.5. The molecule has 2 aromatic carbocycles. The number of methoxy groups -OCH3 is 2. The number of rotatable bonds is 6. The van der Waals surface area contributed by atoms with Crippen LogP contribution in [0.3, 0.4) is 0 Å². The lowest BCUT2D eigenvalue weighted by Crippen LogP contribution is -2.21. The van der Waals surface area contributed by atoms with Crippen molar-refractivity contribution in [2.24, 2.45) is 0 Å². The number of hydrogen-bond acceptors (Lipinski definition) is 8. The maximum Gasteiger partial charge on any atom is 0.263 e. The summed E-state index contributed by atoms with van der Waals surface area (Å²) in [4.78, 5) is 23.0. The smallest absolute Gasteiger partial charge is 0.263 e. The van der Waals surface area contributed by atoms with Gasteiger partial charge in [-0.25, -0.2) is 4.98 Å². The van der Waals surface area contributed by atoms with E-state index in [0.717, 1.165) is 11.1 Å². The van der Waals surface area contributed by atoms with E-state index in [4.69, 9.17) is 14.0 Å². The topological polar surface area (TPSA) is 92.3 Å². The minimum atomic E-state index is -0.148. The predicted octanol–water partition coefficient (Wildman–Crippen LogP) is 4.86. The average Bonchev–Trinajstić information content (AvgIpc) is 3.50. The molecule has 34 heavy (non-hydrogen) atoms. The molecule has 0 fully saturated rings. The predicted molar refractivity (Wildman–Crippen MR) is 131 cm³/mol. The zero-order chi connectivity index (χ0) is 23.8. The summed E-state index contributed by atoms with van der Waals surface area (Å²) in [6.07, 6.45) is 1.52. The number of ether oxygens (including phenoxy) is 2. The molecule has 0 N–H and O–H groups in total. The average molecular weight is 475 g/mol. The molecule has 3 aromatic heterocycles. The molecule has 0 aliphatic rings. The Kier molecular flexibility index (Phi) is 5.62. The second-order valence-electron chi connectivity index (χ2n) is 7.89. The Bertz CT molecular complexity index is 1570. The maximum atomic E-state index is 13.4. The summed E-state index contributed by atoms with van der Waals surface area (Å²) >= 11 is 1.46. The Morgan fingerprint density at radius 1 is 1.00 bits per heavy atom. The molecule has 9 heteroatoms. The second-order valence-corrected chi connectivity index (χ2v) is 8.75. The summed E-state index contributed by atoms with van der Waals surface area (Å²) in [7, 11) is 3.14. The Hall–Kier alpha value is -3.98. The molecule has 5 rings (SSSR count). The zero-order valence-electron chi connectivity index (χ0n) is 19.2. The lowest BCUT2D eigenvalue weighted by atomic mass is 10.0. The zero-order valence-corrected chi connectivity index (χ0v) is 20.0. The van der Waals surface area contributed by atoms with Crippen LogP contribution in [0, 0.1) is 13.8 Å². The Labute approximate surface area is 199 Å². The van der Waals surface area contributed by atoms with Crippen LogP contribution >= 0.6 is 11.3 Å². The number of benzene rings is 2. The molecule has 0 saturated carbocycles. The number of aromatic nitrogens is 4.